The highest BCUT2D eigenvalue weighted by Crippen LogP contribution is 2.42. The van der Waals surface area contributed by atoms with Crippen LogP contribution in [0.2, 0.25) is 5.02 Å². The van der Waals surface area contributed by atoms with Crippen LogP contribution >= 0.6 is 11.6 Å². The molecule has 2 aliphatic heterocycles. The molecule has 1 saturated heterocycles. The Bertz CT molecular complexity index is 1320. The topological polar surface area (TPSA) is 65.8 Å². The summed E-state index contributed by atoms with van der Waals surface area (Å²) in [5.74, 6) is 0.952. The van der Waals surface area contributed by atoms with Crippen LogP contribution in [-0.2, 0) is 17.8 Å². The van der Waals surface area contributed by atoms with Crippen molar-refractivity contribution in [3.63, 3.8) is 0 Å². The zero-order chi connectivity index (χ0) is 27.1. The standard InChI is InChI=1S/C32H37ClN2O3/c1-21-18-35(19-22(2)32(21,37)23-9-12-25(33)13-10-23)16-6-8-26-27-7-5-15-34-29(27)20-38-30-14-11-24(17-28(26)30)31(3,4)36/h5,7-15,17,21-22,36-37H,6,16,18-20H2,1-4H3. The van der Waals surface area contributed by atoms with Crippen molar-refractivity contribution in [2.75, 3.05) is 19.6 Å². The third-order valence-electron chi connectivity index (χ3n) is 8.19. The second-order valence-electron chi connectivity index (χ2n) is 11.4. The van der Waals surface area contributed by atoms with Crippen molar-refractivity contribution < 1.29 is 14.9 Å². The zero-order valence-corrected chi connectivity index (χ0v) is 23.4. The maximum atomic E-state index is 11.7. The number of rotatable bonds is 5. The molecule has 0 amide bonds. The first-order valence-corrected chi connectivity index (χ1v) is 13.8. The summed E-state index contributed by atoms with van der Waals surface area (Å²) >= 11 is 6.10. The number of benzene rings is 2. The van der Waals surface area contributed by atoms with E-state index in [2.05, 4.69) is 35.9 Å². The third kappa shape index (κ3) is 5.13. The smallest absolute Gasteiger partial charge is 0.131 e. The number of nitrogens with zero attached hydrogens (tertiary/aromatic N) is 2. The number of aromatic nitrogens is 1. The summed E-state index contributed by atoms with van der Waals surface area (Å²) in [6, 6.07) is 17.6. The molecule has 0 aliphatic carbocycles. The van der Waals surface area contributed by atoms with Gasteiger partial charge in [0.2, 0.25) is 0 Å². The van der Waals surface area contributed by atoms with Crippen molar-refractivity contribution in [2.45, 2.75) is 51.9 Å². The molecule has 2 atom stereocenters. The molecule has 0 saturated carbocycles. The van der Waals surface area contributed by atoms with Crippen LogP contribution in [0.3, 0.4) is 0 Å². The molecule has 3 heterocycles. The van der Waals surface area contributed by atoms with Gasteiger partial charge in [-0.15, -0.1) is 0 Å². The fourth-order valence-corrected chi connectivity index (χ4v) is 6.16. The predicted octanol–water partition coefficient (Wildman–Crippen LogP) is 6.15. The molecule has 0 bridgehead atoms. The van der Waals surface area contributed by atoms with Crippen LogP contribution in [0, 0.1) is 11.8 Å². The van der Waals surface area contributed by atoms with Gasteiger partial charge in [-0.25, -0.2) is 0 Å². The second-order valence-corrected chi connectivity index (χ2v) is 11.8. The van der Waals surface area contributed by atoms with Crippen molar-refractivity contribution in [3.8, 4) is 5.75 Å². The van der Waals surface area contributed by atoms with E-state index in [1.165, 1.54) is 0 Å². The Balaban J connectivity index is 1.39. The molecule has 38 heavy (non-hydrogen) atoms. The Morgan fingerprint density at radius 2 is 1.79 bits per heavy atom. The van der Waals surface area contributed by atoms with E-state index in [9.17, 15) is 10.2 Å². The number of hydrogen-bond donors (Lipinski definition) is 2. The predicted molar refractivity (Wildman–Crippen MR) is 152 cm³/mol. The van der Waals surface area contributed by atoms with E-state index in [0.29, 0.717) is 11.6 Å². The highest BCUT2D eigenvalue weighted by molar-refractivity contribution is 6.30. The fraction of sp³-hybridized carbons (Fsp3) is 0.406. The first-order valence-electron chi connectivity index (χ1n) is 13.4. The molecule has 2 N–H and O–H groups in total. The molecule has 5 nitrogen and oxygen atoms in total. The Morgan fingerprint density at radius 3 is 2.47 bits per heavy atom. The lowest BCUT2D eigenvalue weighted by atomic mass is 9.71. The van der Waals surface area contributed by atoms with Crippen molar-refractivity contribution in [3.05, 3.63) is 99.8 Å². The van der Waals surface area contributed by atoms with Gasteiger partial charge in [0.25, 0.3) is 0 Å². The molecule has 0 spiro atoms. The van der Waals surface area contributed by atoms with Gasteiger partial charge in [0.1, 0.15) is 12.4 Å². The molecule has 2 aliphatic rings. The molecule has 0 radical (unpaired) electrons. The number of pyridine rings is 1. The SMILES string of the molecule is CC1CN(CCC=C2c3cc(C(C)(C)O)ccc3OCc3ncccc32)CC(C)C1(O)c1ccc(Cl)cc1. The Hall–Kier alpha value is -2.70. The first-order chi connectivity index (χ1) is 18.1. The summed E-state index contributed by atoms with van der Waals surface area (Å²) in [6.45, 7) is 10.8. The zero-order valence-electron chi connectivity index (χ0n) is 22.6. The van der Waals surface area contributed by atoms with Gasteiger partial charge in [0.05, 0.1) is 16.9 Å². The Labute approximate surface area is 230 Å². The maximum absolute atomic E-state index is 11.7. The maximum Gasteiger partial charge on any atom is 0.131 e. The van der Waals surface area contributed by atoms with E-state index in [4.69, 9.17) is 16.3 Å². The van der Waals surface area contributed by atoms with E-state index >= 15 is 0 Å². The Kier molecular flexibility index (Phi) is 7.40. The quantitative estimate of drug-likeness (QED) is 0.412. The van der Waals surface area contributed by atoms with Crippen LogP contribution in [0.1, 0.15) is 62.1 Å². The monoisotopic (exact) mass is 532 g/mol. The average Bonchev–Trinajstić information content (AvgIpc) is 3.04. The van der Waals surface area contributed by atoms with Crippen LogP contribution in [0.25, 0.3) is 5.57 Å². The van der Waals surface area contributed by atoms with E-state index in [0.717, 1.165) is 65.3 Å². The van der Waals surface area contributed by atoms with Crippen LogP contribution in [0.4, 0.5) is 0 Å². The van der Waals surface area contributed by atoms with Crippen molar-refractivity contribution in [1.82, 2.24) is 9.88 Å². The minimum atomic E-state index is -0.953. The van der Waals surface area contributed by atoms with Gasteiger partial charge in [0, 0.05) is 53.8 Å². The molecule has 3 aromatic rings. The first kappa shape index (κ1) is 26.9. The van der Waals surface area contributed by atoms with E-state index in [1.807, 2.05) is 48.5 Å². The molecule has 2 aromatic carbocycles. The van der Waals surface area contributed by atoms with Gasteiger partial charge in [-0.05, 0) is 67.3 Å². The van der Waals surface area contributed by atoms with Crippen LogP contribution in [0.5, 0.6) is 5.75 Å². The molecule has 5 rings (SSSR count). The average molecular weight is 533 g/mol. The van der Waals surface area contributed by atoms with Crippen molar-refractivity contribution in [1.29, 1.82) is 0 Å². The number of ether oxygens (including phenoxy) is 1. The van der Waals surface area contributed by atoms with E-state index in [-0.39, 0.29) is 11.8 Å². The number of piperidine rings is 1. The summed E-state index contributed by atoms with van der Waals surface area (Å²) in [5.41, 5.74) is 3.99. The normalized spacial score (nSPS) is 24.9. The summed E-state index contributed by atoms with van der Waals surface area (Å²) in [5, 5.41) is 23.1. The largest absolute Gasteiger partial charge is 0.487 e. The number of fused-ring (bicyclic) bond motifs is 2. The summed E-state index contributed by atoms with van der Waals surface area (Å²) in [6.07, 6.45) is 4.92. The number of likely N-dealkylation sites (tertiary alicyclic amines) is 1. The molecular formula is C32H37ClN2O3. The number of aliphatic hydroxyl groups is 2. The third-order valence-corrected chi connectivity index (χ3v) is 8.44. The summed E-state index contributed by atoms with van der Waals surface area (Å²) in [4.78, 5) is 7.04. The minimum absolute atomic E-state index is 0.0753. The van der Waals surface area contributed by atoms with Gasteiger partial charge < -0.3 is 19.8 Å². The molecule has 1 aromatic heterocycles. The molecule has 6 heteroatoms. The lowest BCUT2D eigenvalue weighted by Crippen LogP contribution is -2.54. The van der Waals surface area contributed by atoms with Gasteiger partial charge in [-0.2, -0.15) is 0 Å². The summed E-state index contributed by atoms with van der Waals surface area (Å²) in [7, 11) is 0. The van der Waals surface area contributed by atoms with E-state index < -0.39 is 11.2 Å². The van der Waals surface area contributed by atoms with Gasteiger partial charge in [0.15, 0.2) is 0 Å². The van der Waals surface area contributed by atoms with Gasteiger partial charge >= 0.3 is 0 Å². The van der Waals surface area contributed by atoms with Gasteiger partial charge in [-0.1, -0.05) is 55.8 Å². The lowest BCUT2D eigenvalue weighted by molar-refractivity contribution is -0.112. The van der Waals surface area contributed by atoms with Gasteiger partial charge in [-0.3, -0.25) is 4.98 Å². The van der Waals surface area contributed by atoms with Crippen molar-refractivity contribution in [2.24, 2.45) is 11.8 Å². The lowest BCUT2D eigenvalue weighted by Gasteiger charge is -2.48. The highest BCUT2D eigenvalue weighted by atomic mass is 35.5. The fourth-order valence-electron chi connectivity index (χ4n) is 6.03. The molecule has 200 valence electrons. The molecule has 1 fully saturated rings. The number of halogens is 1. The van der Waals surface area contributed by atoms with E-state index in [1.54, 1.807) is 20.0 Å². The Morgan fingerprint density at radius 1 is 1.08 bits per heavy atom. The summed E-state index contributed by atoms with van der Waals surface area (Å²) < 4.78 is 6.14. The highest BCUT2D eigenvalue weighted by Gasteiger charge is 2.45. The van der Waals surface area contributed by atoms with Crippen LogP contribution < -0.4 is 4.74 Å². The second kappa shape index (κ2) is 10.5. The minimum Gasteiger partial charge on any atom is -0.487 e. The number of hydrogen-bond acceptors (Lipinski definition) is 5. The van der Waals surface area contributed by atoms with Crippen LogP contribution in [-0.4, -0.2) is 39.7 Å². The van der Waals surface area contributed by atoms with Crippen LogP contribution in [0.15, 0.2) is 66.9 Å². The molecular weight excluding hydrogens is 496 g/mol. The molecule has 2 unspecified atom stereocenters. The van der Waals surface area contributed by atoms with Crippen molar-refractivity contribution >= 4 is 17.2 Å².